The molecule has 0 fully saturated rings. The van der Waals surface area contributed by atoms with Gasteiger partial charge in [-0.15, -0.1) is 0 Å². The zero-order valence-electron chi connectivity index (χ0n) is 15.5. The van der Waals surface area contributed by atoms with E-state index in [4.69, 9.17) is 9.47 Å². The predicted octanol–water partition coefficient (Wildman–Crippen LogP) is 1.55. The zero-order valence-corrected chi connectivity index (χ0v) is 15.5. The highest BCUT2D eigenvalue weighted by Gasteiger charge is 2.36. The Balaban J connectivity index is 2.35. The molecule has 0 saturated heterocycles. The Morgan fingerprint density at radius 3 is 2.57 bits per heavy atom. The van der Waals surface area contributed by atoms with Gasteiger partial charge in [0.05, 0.1) is 18.1 Å². The predicted molar refractivity (Wildman–Crippen MR) is 98.6 cm³/mol. The smallest absolute Gasteiger partial charge is 0.333 e. The summed E-state index contributed by atoms with van der Waals surface area (Å²) in [7, 11) is 2.79. The Morgan fingerprint density at radius 2 is 1.96 bits per heavy atom. The van der Waals surface area contributed by atoms with Gasteiger partial charge < -0.3 is 9.47 Å². The lowest BCUT2D eigenvalue weighted by molar-refractivity contribution is 0.326. The van der Waals surface area contributed by atoms with E-state index in [1.807, 2.05) is 6.07 Å². The van der Waals surface area contributed by atoms with Crippen molar-refractivity contribution in [2.75, 3.05) is 6.61 Å². The van der Waals surface area contributed by atoms with Crippen molar-refractivity contribution in [2.24, 2.45) is 19.1 Å². The lowest BCUT2D eigenvalue weighted by atomic mass is 9.85. The summed E-state index contributed by atoms with van der Waals surface area (Å²) in [5.41, 5.74) is -0.556. The Labute approximate surface area is 159 Å². The maximum absolute atomic E-state index is 13.4. The van der Waals surface area contributed by atoms with Crippen LogP contribution in [0.1, 0.15) is 24.0 Å². The summed E-state index contributed by atoms with van der Waals surface area (Å²) in [6.07, 6.45) is 1.12. The second kappa shape index (κ2) is 7.52. The van der Waals surface area contributed by atoms with Crippen molar-refractivity contribution >= 4 is 6.40 Å². The molecule has 0 radical (unpaired) electrons. The maximum Gasteiger partial charge on any atom is 0.333 e. The molecule has 2 heterocycles. The molecule has 1 atom stereocenters. The Kier molecular flexibility index (Phi) is 5.13. The summed E-state index contributed by atoms with van der Waals surface area (Å²) >= 11 is 0. The lowest BCUT2D eigenvalue weighted by Crippen LogP contribution is -2.42. The first-order valence-electron chi connectivity index (χ1n) is 8.42. The molecule has 0 amide bonds. The van der Waals surface area contributed by atoms with E-state index in [-0.39, 0.29) is 22.9 Å². The van der Waals surface area contributed by atoms with Crippen molar-refractivity contribution in [2.45, 2.75) is 12.8 Å². The molecule has 1 aromatic heterocycles. The topological polar surface area (TPSA) is 98.6 Å². The number of allylic oxidation sites excluding steroid dienone is 1. The van der Waals surface area contributed by atoms with Crippen molar-refractivity contribution in [3.05, 3.63) is 73.5 Å². The first kappa shape index (κ1) is 19.1. The second-order valence-electron chi connectivity index (χ2n) is 6.03. The summed E-state index contributed by atoms with van der Waals surface area (Å²) in [6.45, 7) is 2.12. The normalized spacial score (nSPS) is 15.9. The Hall–Kier alpha value is -3.67. The highest BCUT2D eigenvalue weighted by molar-refractivity contribution is 5.56. The molecule has 28 heavy (non-hydrogen) atoms. The highest BCUT2D eigenvalue weighted by atomic mass is 19.1. The number of aliphatic imine (C=N–C) groups is 1. The average Bonchev–Trinajstić information content (AvgIpc) is 2.70. The fourth-order valence-electron chi connectivity index (χ4n) is 2.99. The standard InChI is InChI=1S/C19H17FN4O4/c1-4-27-10-22-16-13(9-21)14(11-5-7-12(20)8-6-11)15-17(25)23(2)19(26)24(3)18(15)28-16/h5-8,10,14H,4H2,1-3H3/b22-10+. The van der Waals surface area contributed by atoms with Crippen LogP contribution in [0.4, 0.5) is 4.39 Å². The Morgan fingerprint density at radius 1 is 1.29 bits per heavy atom. The number of nitriles is 1. The molecule has 0 aliphatic carbocycles. The fraction of sp³-hybridized carbons (Fsp3) is 0.263. The molecule has 144 valence electrons. The van der Waals surface area contributed by atoms with Gasteiger partial charge in [-0.25, -0.2) is 9.18 Å². The largest absolute Gasteiger partial charge is 0.483 e. The third kappa shape index (κ3) is 3.09. The van der Waals surface area contributed by atoms with E-state index in [0.29, 0.717) is 12.2 Å². The SMILES string of the molecule is CCO/C=N/C1=C(C#N)C(c2ccc(F)cc2)c2c(n(C)c(=O)n(C)c2=O)O1. The first-order chi connectivity index (χ1) is 13.4. The monoisotopic (exact) mass is 384 g/mol. The van der Waals surface area contributed by atoms with Gasteiger partial charge in [-0.2, -0.15) is 10.3 Å². The van der Waals surface area contributed by atoms with Crippen LogP contribution in [0, 0.1) is 17.1 Å². The van der Waals surface area contributed by atoms with Crippen molar-refractivity contribution < 1.29 is 13.9 Å². The number of hydrogen-bond acceptors (Lipinski definition) is 6. The van der Waals surface area contributed by atoms with Crippen LogP contribution in [0.15, 0.2) is 50.3 Å². The van der Waals surface area contributed by atoms with Gasteiger partial charge in [0.25, 0.3) is 5.56 Å². The van der Waals surface area contributed by atoms with E-state index in [9.17, 15) is 19.2 Å². The van der Waals surface area contributed by atoms with Crippen LogP contribution in [-0.4, -0.2) is 22.1 Å². The van der Waals surface area contributed by atoms with Crippen molar-refractivity contribution in [3.63, 3.8) is 0 Å². The van der Waals surface area contributed by atoms with E-state index in [1.165, 1.54) is 38.4 Å². The molecule has 1 unspecified atom stereocenters. The van der Waals surface area contributed by atoms with Crippen LogP contribution >= 0.6 is 0 Å². The quantitative estimate of drug-likeness (QED) is 0.588. The molecule has 0 spiro atoms. The summed E-state index contributed by atoms with van der Waals surface area (Å²) < 4.78 is 26.2. The summed E-state index contributed by atoms with van der Waals surface area (Å²) in [5.74, 6) is -1.46. The van der Waals surface area contributed by atoms with Crippen molar-refractivity contribution in [1.82, 2.24) is 9.13 Å². The number of benzene rings is 1. The third-order valence-electron chi connectivity index (χ3n) is 4.38. The van der Waals surface area contributed by atoms with Crippen LogP contribution in [-0.2, 0) is 18.8 Å². The molecule has 2 aromatic rings. The van der Waals surface area contributed by atoms with Gasteiger partial charge in [-0.05, 0) is 24.6 Å². The lowest BCUT2D eigenvalue weighted by Gasteiger charge is -2.27. The van der Waals surface area contributed by atoms with Crippen LogP contribution in [0.3, 0.4) is 0 Å². The molecule has 1 aliphatic heterocycles. The van der Waals surface area contributed by atoms with Crippen molar-refractivity contribution in [3.8, 4) is 11.9 Å². The van der Waals surface area contributed by atoms with Crippen LogP contribution < -0.4 is 16.0 Å². The average molecular weight is 384 g/mol. The maximum atomic E-state index is 13.4. The Bertz CT molecular complexity index is 1140. The van der Waals surface area contributed by atoms with Crippen molar-refractivity contribution in [1.29, 1.82) is 5.26 Å². The van der Waals surface area contributed by atoms with E-state index in [2.05, 4.69) is 4.99 Å². The van der Waals surface area contributed by atoms with Gasteiger partial charge in [0.2, 0.25) is 11.8 Å². The van der Waals surface area contributed by atoms with Gasteiger partial charge in [-0.3, -0.25) is 13.9 Å². The minimum atomic E-state index is -0.881. The molecular weight excluding hydrogens is 367 g/mol. The van der Waals surface area contributed by atoms with E-state index in [1.54, 1.807) is 6.92 Å². The first-order valence-corrected chi connectivity index (χ1v) is 8.42. The number of fused-ring (bicyclic) bond motifs is 1. The van der Waals surface area contributed by atoms with Crippen LogP contribution in [0.5, 0.6) is 5.88 Å². The molecule has 3 rings (SSSR count). The number of rotatable bonds is 4. The van der Waals surface area contributed by atoms with Crippen LogP contribution in [0.25, 0.3) is 0 Å². The number of ether oxygens (including phenoxy) is 2. The van der Waals surface area contributed by atoms with Crippen LogP contribution in [0.2, 0.25) is 0 Å². The highest BCUT2D eigenvalue weighted by Crippen LogP contribution is 2.40. The second-order valence-corrected chi connectivity index (χ2v) is 6.03. The summed E-state index contributed by atoms with van der Waals surface area (Å²) in [4.78, 5) is 29.2. The molecule has 1 aliphatic rings. The number of aromatic nitrogens is 2. The van der Waals surface area contributed by atoms with Gasteiger partial charge in [0.15, 0.2) is 6.40 Å². The van der Waals surface area contributed by atoms with Gasteiger partial charge in [-0.1, -0.05) is 12.1 Å². The zero-order chi connectivity index (χ0) is 20.4. The van der Waals surface area contributed by atoms with E-state index in [0.717, 1.165) is 15.5 Å². The molecule has 0 saturated carbocycles. The molecule has 8 nitrogen and oxygen atoms in total. The number of nitrogens with zero attached hydrogens (tertiary/aromatic N) is 4. The van der Waals surface area contributed by atoms with E-state index >= 15 is 0 Å². The van der Waals surface area contributed by atoms with Gasteiger partial charge in [0.1, 0.15) is 17.5 Å². The fourth-order valence-corrected chi connectivity index (χ4v) is 2.99. The van der Waals surface area contributed by atoms with Gasteiger partial charge in [0, 0.05) is 14.1 Å². The molecule has 0 bridgehead atoms. The molecular formula is C19H17FN4O4. The van der Waals surface area contributed by atoms with E-state index < -0.39 is 23.0 Å². The molecule has 9 heteroatoms. The minimum Gasteiger partial charge on any atom is -0.483 e. The van der Waals surface area contributed by atoms with Gasteiger partial charge >= 0.3 is 5.69 Å². The minimum absolute atomic E-state index is 0.0231. The summed E-state index contributed by atoms with van der Waals surface area (Å²) in [5, 5.41) is 9.76. The summed E-state index contributed by atoms with van der Waals surface area (Å²) in [6, 6.07) is 7.43. The number of halogens is 1. The third-order valence-corrected chi connectivity index (χ3v) is 4.38. The number of hydrogen-bond donors (Lipinski definition) is 0. The molecule has 0 N–H and O–H groups in total. The molecule has 1 aromatic carbocycles.